The van der Waals surface area contributed by atoms with Gasteiger partial charge in [-0.1, -0.05) is 32.0 Å². The minimum Gasteiger partial charge on any atom is -0.493 e. The number of fused-ring (bicyclic) bond motifs is 1. The molecule has 29 heavy (non-hydrogen) atoms. The second kappa shape index (κ2) is 9.68. The molecule has 1 heterocycles. The Kier molecular flexibility index (Phi) is 7.02. The van der Waals surface area contributed by atoms with Crippen molar-refractivity contribution in [3.63, 3.8) is 0 Å². The van der Waals surface area contributed by atoms with Crippen LogP contribution in [0.3, 0.4) is 0 Å². The van der Waals surface area contributed by atoms with Crippen LogP contribution in [-0.2, 0) is 4.79 Å². The number of amides is 1. The van der Waals surface area contributed by atoms with Crippen molar-refractivity contribution in [2.75, 3.05) is 19.8 Å². The smallest absolute Gasteiger partial charge is 0.223 e. The lowest BCUT2D eigenvalue weighted by Crippen LogP contribution is -2.32. The summed E-state index contributed by atoms with van der Waals surface area (Å²) in [6.07, 6.45) is 1.18. The van der Waals surface area contributed by atoms with Crippen molar-refractivity contribution in [2.45, 2.75) is 46.6 Å². The van der Waals surface area contributed by atoms with E-state index < -0.39 is 0 Å². The van der Waals surface area contributed by atoms with Crippen molar-refractivity contribution in [1.82, 2.24) is 5.32 Å². The molecule has 0 aromatic heterocycles. The Morgan fingerprint density at radius 1 is 1.07 bits per heavy atom. The van der Waals surface area contributed by atoms with E-state index in [2.05, 4.69) is 25.2 Å². The van der Waals surface area contributed by atoms with Crippen molar-refractivity contribution in [3.8, 4) is 17.2 Å². The SMILES string of the molecule is Cc1ccc(C)c(OCCC(=O)N[C@@H](c2ccc3c(c2)OCCCO3)C(C)C)c1. The molecule has 1 aliphatic rings. The molecule has 0 spiro atoms. The minimum atomic E-state index is -0.0969. The fourth-order valence-electron chi connectivity index (χ4n) is 3.37. The van der Waals surface area contributed by atoms with Gasteiger partial charge in [-0.15, -0.1) is 0 Å². The van der Waals surface area contributed by atoms with Crippen LogP contribution in [0.25, 0.3) is 0 Å². The number of aryl methyl sites for hydroxylation is 2. The van der Waals surface area contributed by atoms with Gasteiger partial charge in [0, 0.05) is 6.42 Å². The zero-order valence-corrected chi connectivity index (χ0v) is 17.8. The molecule has 3 rings (SSSR count). The Balaban J connectivity index is 1.61. The first kappa shape index (κ1) is 21.0. The average Bonchev–Trinajstić information content (AvgIpc) is 2.93. The minimum absolute atomic E-state index is 0.0267. The number of ether oxygens (including phenoxy) is 3. The molecule has 0 radical (unpaired) electrons. The fourth-order valence-corrected chi connectivity index (χ4v) is 3.37. The molecule has 1 aliphatic heterocycles. The molecule has 0 unspecified atom stereocenters. The summed E-state index contributed by atoms with van der Waals surface area (Å²) >= 11 is 0. The Hall–Kier alpha value is -2.69. The summed E-state index contributed by atoms with van der Waals surface area (Å²) < 4.78 is 17.3. The van der Waals surface area contributed by atoms with E-state index in [1.54, 1.807) is 0 Å². The predicted octanol–water partition coefficient (Wildman–Crippen LogP) is 4.75. The molecule has 2 aromatic rings. The predicted molar refractivity (Wildman–Crippen MR) is 114 cm³/mol. The first-order valence-electron chi connectivity index (χ1n) is 10.3. The first-order chi connectivity index (χ1) is 13.9. The number of carbonyl (C=O) groups is 1. The quantitative estimate of drug-likeness (QED) is 0.733. The van der Waals surface area contributed by atoms with Crippen LogP contribution in [-0.4, -0.2) is 25.7 Å². The maximum atomic E-state index is 12.6. The highest BCUT2D eigenvalue weighted by molar-refractivity contribution is 5.76. The topological polar surface area (TPSA) is 56.8 Å². The van der Waals surface area contributed by atoms with Crippen LogP contribution in [0, 0.1) is 19.8 Å². The van der Waals surface area contributed by atoms with Gasteiger partial charge in [0.2, 0.25) is 5.91 Å². The number of hydrogen-bond acceptors (Lipinski definition) is 4. The number of carbonyl (C=O) groups excluding carboxylic acids is 1. The molecule has 1 N–H and O–H groups in total. The van der Waals surface area contributed by atoms with Crippen LogP contribution in [0.15, 0.2) is 36.4 Å². The van der Waals surface area contributed by atoms with Gasteiger partial charge in [0.05, 0.1) is 32.3 Å². The van der Waals surface area contributed by atoms with Crippen LogP contribution in [0.2, 0.25) is 0 Å². The van der Waals surface area contributed by atoms with Gasteiger partial charge in [0.1, 0.15) is 5.75 Å². The van der Waals surface area contributed by atoms with Gasteiger partial charge in [-0.3, -0.25) is 4.79 Å². The van der Waals surface area contributed by atoms with Gasteiger partial charge in [-0.2, -0.15) is 0 Å². The number of nitrogens with one attached hydrogen (secondary N) is 1. The van der Waals surface area contributed by atoms with Crippen LogP contribution < -0.4 is 19.5 Å². The Labute approximate surface area is 173 Å². The van der Waals surface area contributed by atoms with Crippen LogP contribution in [0.1, 0.15) is 49.4 Å². The molecule has 0 bridgehead atoms. The van der Waals surface area contributed by atoms with E-state index in [1.807, 2.05) is 44.2 Å². The van der Waals surface area contributed by atoms with Crippen LogP contribution in [0.5, 0.6) is 17.2 Å². The van der Waals surface area contributed by atoms with E-state index in [9.17, 15) is 4.79 Å². The number of hydrogen-bond donors (Lipinski definition) is 1. The highest BCUT2D eigenvalue weighted by Crippen LogP contribution is 2.34. The molecule has 156 valence electrons. The lowest BCUT2D eigenvalue weighted by atomic mass is 9.95. The highest BCUT2D eigenvalue weighted by atomic mass is 16.5. The van der Waals surface area contributed by atoms with Crippen molar-refractivity contribution in [2.24, 2.45) is 5.92 Å². The van der Waals surface area contributed by atoms with Crippen molar-refractivity contribution >= 4 is 5.91 Å². The molecule has 0 saturated carbocycles. The molecule has 1 atom stereocenters. The maximum Gasteiger partial charge on any atom is 0.223 e. The van der Waals surface area contributed by atoms with E-state index in [-0.39, 0.29) is 17.9 Å². The first-order valence-corrected chi connectivity index (χ1v) is 10.3. The van der Waals surface area contributed by atoms with Crippen LogP contribution in [0.4, 0.5) is 0 Å². The van der Waals surface area contributed by atoms with Crippen molar-refractivity contribution < 1.29 is 19.0 Å². The van der Waals surface area contributed by atoms with Gasteiger partial charge in [-0.05, 0) is 54.7 Å². The maximum absolute atomic E-state index is 12.6. The summed E-state index contributed by atoms with van der Waals surface area (Å²) in [5, 5.41) is 3.15. The normalized spacial score (nSPS) is 14.2. The lowest BCUT2D eigenvalue weighted by molar-refractivity contribution is -0.122. The third-order valence-corrected chi connectivity index (χ3v) is 5.04. The zero-order valence-electron chi connectivity index (χ0n) is 17.8. The van der Waals surface area contributed by atoms with E-state index >= 15 is 0 Å². The fraction of sp³-hybridized carbons (Fsp3) is 0.458. The Morgan fingerprint density at radius 3 is 2.59 bits per heavy atom. The molecule has 0 saturated heterocycles. The van der Waals surface area contributed by atoms with Crippen molar-refractivity contribution in [3.05, 3.63) is 53.1 Å². The summed E-state index contributed by atoms with van der Waals surface area (Å²) in [7, 11) is 0. The van der Waals surface area contributed by atoms with E-state index in [1.165, 1.54) is 0 Å². The molecule has 0 fully saturated rings. The molecule has 5 heteroatoms. The number of benzene rings is 2. The zero-order chi connectivity index (χ0) is 20.8. The Bertz CT molecular complexity index is 847. The summed E-state index contributed by atoms with van der Waals surface area (Å²) in [6.45, 7) is 9.89. The molecule has 5 nitrogen and oxygen atoms in total. The molecule has 0 aliphatic carbocycles. The summed E-state index contributed by atoms with van der Waals surface area (Å²) in [6, 6.07) is 11.9. The third kappa shape index (κ3) is 5.66. The third-order valence-electron chi connectivity index (χ3n) is 5.04. The van der Waals surface area contributed by atoms with E-state index in [0.29, 0.717) is 26.2 Å². The van der Waals surface area contributed by atoms with Gasteiger partial charge in [-0.25, -0.2) is 0 Å². The average molecular weight is 398 g/mol. The lowest BCUT2D eigenvalue weighted by Gasteiger charge is -2.24. The van der Waals surface area contributed by atoms with Crippen LogP contribution >= 0.6 is 0 Å². The monoisotopic (exact) mass is 397 g/mol. The van der Waals surface area contributed by atoms with E-state index in [4.69, 9.17) is 14.2 Å². The molecular weight excluding hydrogens is 366 g/mol. The largest absolute Gasteiger partial charge is 0.493 e. The molecular formula is C24H31NO4. The van der Waals surface area contributed by atoms with Gasteiger partial charge >= 0.3 is 0 Å². The summed E-state index contributed by atoms with van der Waals surface area (Å²) in [5.41, 5.74) is 3.24. The Morgan fingerprint density at radius 2 is 1.83 bits per heavy atom. The second-order valence-corrected chi connectivity index (χ2v) is 7.91. The number of rotatable bonds is 7. The van der Waals surface area contributed by atoms with Gasteiger partial charge in [0.25, 0.3) is 0 Å². The summed E-state index contributed by atoms with van der Waals surface area (Å²) in [4.78, 5) is 12.6. The standard InChI is InChI=1S/C24H31NO4/c1-16(2)24(19-8-9-20-22(15-19)28-12-5-11-27-20)25-23(26)10-13-29-21-14-17(3)6-7-18(21)4/h6-9,14-16,24H,5,10-13H2,1-4H3,(H,25,26)/t24-/m1/s1. The highest BCUT2D eigenvalue weighted by Gasteiger charge is 2.21. The van der Waals surface area contributed by atoms with Gasteiger partial charge in [0.15, 0.2) is 11.5 Å². The molecule has 1 amide bonds. The van der Waals surface area contributed by atoms with Gasteiger partial charge < -0.3 is 19.5 Å². The summed E-state index contributed by atoms with van der Waals surface area (Å²) in [5.74, 6) is 2.56. The second-order valence-electron chi connectivity index (χ2n) is 7.91. The van der Waals surface area contributed by atoms with Crippen molar-refractivity contribution in [1.29, 1.82) is 0 Å². The molecule has 2 aromatic carbocycles. The van der Waals surface area contributed by atoms with E-state index in [0.717, 1.165) is 40.4 Å².